The molecule has 0 aliphatic carbocycles. The van der Waals surface area contributed by atoms with Crippen molar-refractivity contribution in [2.45, 2.75) is 19.8 Å². The minimum Gasteiger partial charge on any atom is -0.478 e. The number of hydrogen-bond donors (Lipinski definition) is 1. The Hall–Kier alpha value is -1.84. The van der Waals surface area contributed by atoms with Crippen LogP contribution in [0.1, 0.15) is 29.3 Å². The lowest BCUT2D eigenvalue weighted by atomic mass is 9.97. The van der Waals surface area contributed by atoms with E-state index in [4.69, 9.17) is 5.11 Å². The van der Waals surface area contributed by atoms with Crippen LogP contribution in [0.5, 0.6) is 0 Å². The number of para-hydroxylation sites is 1. The maximum atomic E-state index is 11.5. The summed E-state index contributed by atoms with van der Waals surface area (Å²) in [6.45, 7) is 2.07. The van der Waals surface area contributed by atoms with Crippen molar-refractivity contribution in [2.75, 3.05) is 11.4 Å². The van der Waals surface area contributed by atoms with Gasteiger partial charge >= 0.3 is 5.97 Å². The van der Waals surface area contributed by atoms with Gasteiger partial charge in [-0.05, 0) is 24.5 Å². The van der Waals surface area contributed by atoms with E-state index in [1.54, 1.807) is 17.0 Å². The van der Waals surface area contributed by atoms with Crippen LogP contribution in [0.15, 0.2) is 18.2 Å². The van der Waals surface area contributed by atoms with Crippen LogP contribution in [0, 0.1) is 0 Å². The lowest BCUT2D eigenvalue weighted by Crippen LogP contribution is -2.35. The van der Waals surface area contributed by atoms with Gasteiger partial charge in [0, 0.05) is 13.5 Å². The van der Waals surface area contributed by atoms with Crippen LogP contribution in [-0.2, 0) is 11.2 Å². The Morgan fingerprint density at radius 2 is 2.12 bits per heavy atom. The van der Waals surface area contributed by atoms with Gasteiger partial charge in [0.2, 0.25) is 5.91 Å². The van der Waals surface area contributed by atoms with Crippen molar-refractivity contribution in [3.8, 4) is 0 Å². The van der Waals surface area contributed by atoms with Crippen LogP contribution in [0.25, 0.3) is 0 Å². The molecular weight excluding hydrogens is 206 g/mol. The highest BCUT2D eigenvalue weighted by Gasteiger charge is 2.25. The minimum absolute atomic E-state index is 0.102. The smallest absolute Gasteiger partial charge is 0.337 e. The lowest BCUT2D eigenvalue weighted by molar-refractivity contribution is -0.116. The number of anilines is 1. The maximum Gasteiger partial charge on any atom is 0.337 e. The number of carbonyl (C=O) groups is 2. The van der Waals surface area contributed by atoms with E-state index in [1.165, 1.54) is 6.92 Å². The number of hydrogen-bond acceptors (Lipinski definition) is 2. The van der Waals surface area contributed by atoms with Crippen molar-refractivity contribution in [1.82, 2.24) is 0 Å². The first-order valence-electron chi connectivity index (χ1n) is 5.24. The van der Waals surface area contributed by atoms with Crippen LogP contribution in [-0.4, -0.2) is 23.5 Å². The van der Waals surface area contributed by atoms with Gasteiger partial charge in [0.05, 0.1) is 11.3 Å². The number of fused-ring (bicyclic) bond motifs is 1. The summed E-state index contributed by atoms with van der Waals surface area (Å²) < 4.78 is 0. The molecule has 84 valence electrons. The van der Waals surface area contributed by atoms with Crippen LogP contribution in [0.3, 0.4) is 0 Å². The fraction of sp³-hybridized carbons (Fsp3) is 0.333. The highest BCUT2D eigenvalue weighted by molar-refractivity contribution is 6.02. The molecule has 2 rings (SSSR count). The first-order chi connectivity index (χ1) is 7.61. The lowest BCUT2D eigenvalue weighted by Gasteiger charge is -2.29. The zero-order valence-corrected chi connectivity index (χ0v) is 9.06. The number of carboxylic acid groups (broad SMARTS) is 1. The fourth-order valence-electron chi connectivity index (χ4n) is 2.14. The van der Waals surface area contributed by atoms with E-state index in [2.05, 4.69) is 0 Å². The molecule has 4 heteroatoms. The largest absolute Gasteiger partial charge is 0.478 e. The second-order valence-corrected chi connectivity index (χ2v) is 3.89. The monoisotopic (exact) mass is 219 g/mol. The molecule has 4 nitrogen and oxygen atoms in total. The molecule has 1 aromatic rings. The zero-order valence-electron chi connectivity index (χ0n) is 9.06. The Balaban J connectivity index is 2.59. The Morgan fingerprint density at radius 1 is 1.38 bits per heavy atom. The van der Waals surface area contributed by atoms with Gasteiger partial charge in [-0.1, -0.05) is 12.1 Å². The number of amides is 1. The molecular formula is C12H13NO3. The number of rotatable bonds is 1. The molecule has 0 bridgehead atoms. The molecule has 1 aliphatic rings. The van der Waals surface area contributed by atoms with E-state index in [-0.39, 0.29) is 11.5 Å². The third kappa shape index (κ3) is 1.66. The molecule has 0 aromatic heterocycles. The predicted octanol–water partition coefficient (Wildman–Crippen LogP) is 1.68. The second-order valence-electron chi connectivity index (χ2n) is 3.89. The summed E-state index contributed by atoms with van der Waals surface area (Å²) in [4.78, 5) is 24.1. The van der Waals surface area contributed by atoms with Gasteiger partial charge in [-0.15, -0.1) is 0 Å². The number of aromatic carboxylic acids is 1. The molecule has 1 N–H and O–H groups in total. The summed E-state index contributed by atoms with van der Waals surface area (Å²) >= 11 is 0. The molecule has 1 heterocycles. The van der Waals surface area contributed by atoms with Crippen LogP contribution >= 0.6 is 0 Å². The van der Waals surface area contributed by atoms with Crippen molar-refractivity contribution >= 4 is 17.6 Å². The Kier molecular flexibility index (Phi) is 2.64. The molecule has 16 heavy (non-hydrogen) atoms. The van der Waals surface area contributed by atoms with Gasteiger partial charge in [0.25, 0.3) is 0 Å². The standard InChI is InChI=1S/C12H13NO3/c1-8(14)13-7-3-5-9-4-2-6-10(11(9)13)12(15)16/h2,4,6H,3,5,7H2,1H3,(H,15,16). The maximum absolute atomic E-state index is 11.5. The highest BCUT2D eigenvalue weighted by atomic mass is 16.4. The van der Waals surface area contributed by atoms with Crippen molar-refractivity contribution in [1.29, 1.82) is 0 Å². The third-order valence-electron chi connectivity index (χ3n) is 2.83. The van der Waals surface area contributed by atoms with E-state index in [1.807, 2.05) is 6.07 Å². The van der Waals surface area contributed by atoms with E-state index < -0.39 is 5.97 Å². The van der Waals surface area contributed by atoms with Gasteiger partial charge in [0.15, 0.2) is 0 Å². The predicted molar refractivity (Wildman–Crippen MR) is 59.7 cm³/mol. The van der Waals surface area contributed by atoms with Crippen molar-refractivity contribution < 1.29 is 14.7 Å². The molecule has 0 radical (unpaired) electrons. The summed E-state index contributed by atoms with van der Waals surface area (Å²) in [5, 5.41) is 9.10. The SMILES string of the molecule is CC(=O)N1CCCc2cccc(C(=O)O)c21. The van der Waals surface area contributed by atoms with E-state index >= 15 is 0 Å². The van der Waals surface area contributed by atoms with Crippen LogP contribution in [0.4, 0.5) is 5.69 Å². The summed E-state index contributed by atoms with van der Waals surface area (Å²) in [5.41, 5.74) is 1.74. The topological polar surface area (TPSA) is 57.6 Å². The van der Waals surface area contributed by atoms with Crippen molar-refractivity contribution in [3.05, 3.63) is 29.3 Å². The number of benzene rings is 1. The minimum atomic E-state index is -0.981. The molecule has 0 atom stereocenters. The van der Waals surface area contributed by atoms with Gasteiger partial charge in [-0.25, -0.2) is 4.79 Å². The first-order valence-corrected chi connectivity index (χ1v) is 5.24. The van der Waals surface area contributed by atoms with E-state index in [9.17, 15) is 9.59 Å². The average molecular weight is 219 g/mol. The van der Waals surface area contributed by atoms with E-state index in [0.29, 0.717) is 12.2 Å². The quantitative estimate of drug-likeness (QED) is 0.781. The van der Waals surface area contributed by atoms with Gasteiger partial charge < -0.3 is 10.0 Å². The molecule has 0 unspecified atom stereocenters. The second kappa shape index (κ2) is 3.96. The first kappa shape index (κ1) is 10.7. The van der Waals surface area contributed by atoms with Gasteiger partial charge in [-0.2, -0.15) is 0 Å². The number of carboxylic acids is 1. The Bertz CT molecular complexity index is 454. The fourth-order valence-corrected chi connectivity index (χ4v) is 2.14. The molecule has 1 amide bonds. The average Bonchev–Trinajstić information content (AvgIpc) is 2.27. The third-order valence-corrected chi connectivity index (χ3v) is 2.83. The van der Waals surface area contributed by atoms with Crippen LogP contribution in [0.2, 0.25) is 0 Å². The molecule has 0 saturated heterocycles. The molecule has 1 aromatic carbocycles. The number of nitrogens with zero attached hydrogens (tertiary/aromatic N) is 1. The summed E-state index contributed by atoms with van der Waals surface area (Å²) in [6, 6.07) is 5.16. The summed E-state index contributed by atoms with van der Waals surface area (Å²) in [6.07, 6.45) is 1.72. The Morgan fingerprint density at radius 3 is 2.75 bits per heavy atom. The van der Waals surface area contributed by atoms with Crippen molar-refractivity contribution in [2.24, 2.45) is 0 Å². The van der Waals surface area contributed by atoms with Gasteiger partial charge in [0.1, 0.15) is 0 Å². The highest BCUT2D eigenvalue weighted by Crippen LogP contribution is 2.30. The van der Waals surface area contributed by atoms with Gasteiger partial charge in [-0.3, -0.25) is 4.79 Å². The molecule has 0 saturated carbocycles. The molecule has 0 fully saturated rings. The molecule has 1 aliphatic heterocycles. The summed E-state index contributed by atoms with van der Waals surface area (Å²) in [7, 11) is 0. The molecule has 0 spiro atoms. The normalized spacial score (nSPS) is 14.4. The zero-order chi connectivity index (χ0) is 11.7. The van der Waals surface area contributed by atoms with Crippen molar-refractivity contribution in [3.63, 3.8) is 0 Å². The number of aryl methyl sites for hydroxylation is 1. The number of carbonyl (C=O) groups excluding carboxylic acids is 1. The van der Waals surface area contributed by atoms with Crippen LogP contribution < -0.4 is 4.90 Å². The summed E-state index contributed by atoms with van der Waals surface area (Å²) in [5.74, 6) is -1.08. The van der Waals surface area contributed by atoms with E-state index in [0.717, 1.165) is 18.4 Å². The Labute approximate surface area is 93.5 Å².